The van der Waals surface area contributed by atoms with Crippen molar-refractivity contribution in [2.75, 3.05) is 11.5 Å². The van der Waals surface area contributed by atoms with Gasteiger partial charge in [0.2, 0.25) is 11.9 Å². The minimum absolute atomic E-state index is 0.0139. The highest BCUT2D eigenvalue weighted by Gasteiger charge is 2.20. The van der Waals surface area contributed by atoms with Gasteiger partial charge in [0, 0.05) is 29.3 Å². The molecule has 0 radical (unpaired) electrons. The number of nitrogen functional groups attached to an aromatic ring is 2. The maximum atomic E-state index is 11.0. The Morgan fingerprint density at radius 1 is 0.808 bits per heavy atom. The highest BCUT2D eigenvalue weighted by molar-refractivity contribution is 7.13. The minimum atomic E-state index is -0.541. The number of aryl methyl sites for hydroxylation is 1. The summed E-state index contributed by atoms with van der Waals surface area (Å²) in [6, 6.07) is 14.3. The van der Waals surface area contributed by atoms with Gasteiger partial charge in [0.05, 0.1) is 29.2 Å². The number of anilines is 2. The molecule has 6 heterocycles. The first-order chi connectivity index (χ1) is 25.0. The number of nitrogens with zero attached hydrogens (tertiary/aromatic N) is 13. The first-order valence-electron chi connectivity index (χ1n) is 14.9. The largest absolute Gasteiger partial charge is 0.463 e. The standard InChI is InChI=1S/C15H10ClN7O3.C15H12N8O2S/c16-9-4-3-8(6-10(9)23(24)25)7-22-14-13(20-21-22)12(18-15(17)19-14)11-2-1-5-26-11;1-8-7-26-14(17-8)12-11-13(19-15(16)18-12)22(21-20-11)6-9-3-2-4-10(5-9)23(24)25/h1-6H,7H2,(H2,17,18,19);2-5,7H,6H2,1H3,(H2,16,18,19). The first-order valence-corrected chi connectivity index (χ1v) is 16.2. The third kappa shape index (κ3) is 6.75. The first kappa shape index (κ1) is 33.5. The van der Waals surface area contributed by atoms with E-state index in [-0.39, 0.29) is 41.4 Å². The zero-order valence-electron chi connectivity index (χ0n) is 26.6. The van der Waals surface area contributed by atoms with Crippen LogP contribution in [0.3, 0.4) is 0 Å². The van der Waals surface area contributed by atoms with Gasteiger partial charge in [-0.2, -0.15) is 9.97 Å². The van der Waals surface area contributed by atoms with Crippen LogP contribution in [0.4, 0.5) is 23.3 Å². The van der Waals surface area contributed by atoms with Crippen molar-refractivity contribution in [3.63, 3.8) is 0 Å². The van der Waals surface area contributed by atoms with Crippen molar-refractivity contribution < 1.29 is 14.3 Å². The Morgan fingerprint density at radius 2 is 1.46 bits per heavy atom. The zero-order valence-corrected chi connectivity index (χ0v) is 28.1. The predicted octanol–water partition coefficient (Wildman–Crippen LogP) is 4.87. The molecule has 0 aliphatic rings. The number of halogens is 1. The molecule has 0 spiro atoms. The molecule has 0 amide bonds. The van der Waals surface area contributed by atoms with E-state index in [4.69, 9.17) is 27.5 Å². The van der Waals surface area contributed by atoms with E-state index in [9.17, 15) is 20.2 Å². The number of non-ortho nitro benzene ring substituents is 1. The summed E-state index contributed by atoms with van der Waals surface area (Å²) in [4.78, 5) is 42.3. The van der Waals surface area contributed by atoms with Gasteiger partial charge in [-0.25, -0.2) is 24.3 Å². The van der Waals surface area contributed by atoms with Crippen molar-refractivity contribution in [3.05, 3.63) is 108 Å². The lowest BCUT2D eigenvalue weighted by Gasteiger charge is -2.04. The summed E-state index contributed by atoms with van der Waals surface area (Å²) in [5.41, 5.74) is 16.4. The molecule has 0 aliphatic carbocycles. The predicted molar refractivity (Wildman–Crippen MR) is 188 cm³/mol. The lowest BCUT2D eigenvalue weighted by Crippen LogP contribution is -2.05. The lowest BCUT2D eigenvalue weighted by molar-refractivity contribution is -0.385. The number of fused-ring (bicyclic) bond motifs is 2. The quantitative estimate of drug-likeness (QED) is 0.155. The average Bonchev–Trinajstić information content (AvgIpc) is 3.95. The number of rotatable bonds is 8. The van der Waals surface area contributed by atoms with Gasteiger partial charge in [0.25, 0.3) is 11.4 Å². The van der Waals surface area contributed by atoms with Crippen molar-refractivity contribution in [3.8, 4) is 22.2 Å². The number of thiazole rings is 1. The van der Waals surface area contributed by atoms with Gasteiger partial charge >= 0.3 is 0 Å². The Labute approximate surface area is 299 Å². The number of benzene rings is 2. The molecule has 8 aromatic rings. The van der Waals surface area contributed by atoms with Crippen LogP contribution in [0.2, 0.25) is 5.02 Å². The van der Waals surface area contributed by atoms with Crippen LogP contribution in [-0.4, -0.2) is 64.8 Å². The third-order valence-corrected chi connectivity index (χ3v) is 8.62. The molecule has 0 fully saturated rings. The molecule has 20 nitrogen and oxygen atoms in total. The van der Waals surface area contributed by atoms with Gasteiger partial charge in [-0.15, -0.1) is 21.5 Å². The van der Waals surface area contributed by atoms with Crippen molar-refractivity contribution in [1.82, 2.24) is 54.9 Å². The molecule has 22 heteroatoms. The molecular formula is C30H22ClN15O5S. The Bertz CT molecular complexity index is 2620. The summed E-state index contributed by atoms with van der Waals surface area (Å²) in [6.07, 6.45) is 1.51. The average molecular weight is 740 g/mol. The molecule has 260 valence electrons. The van der Waals surface area contributed by atoms with E-state index in [0.29, 0.717) is 55.6 Å². The van der Waals surface area contributed by atoms with Gasteiger partial charge in [0.1, 0.15) is 21.4 Å². The molecule has 52 heavy (non-hydrogen) atoms. The fraction of sp³-hybridized carbons (Fsp3) is 0.100. The van der Waals surface area contributed by atoms with Gasteiger partial charge in [-0.3, -0.25) is 20.2 Å². The van der Waals surface area contributed by atoms with Crippen molar-refractivity contribution in [2.24, 2.45) is 0 Å². The van der Waals surface area contributed by atoms with E-state index in [0.717, 1.165) is 5.69 Å². The number of furan rings is 1. The van der Waals surface area contributed by atoms with Crippen LogP contribution >= 0.6 is 22.9 Å². The fourth-order valence-corrected chi connectivity index (χ4v) is 6.04. The van der Waals surface area contributed by atoms with E-state index >= 15 is 0 Å². The van der Waals surface area contributed by atoms with Crippen molar-refractivity contribution in [1.29, 1.82) is 0 Å². The van der Waals surface area contributed by atoms with Gasteiger partial charge in [0.15, 0.2) is 28.1 Å². The molecule has 0 aliphatic heterocycles. The van der Waals surface area contributed by atoms with E-state index in [1.165, 1.54) is 51.2 Å². The van der Waals surface area contributed by atoms with E-state index in [1.807, 2.05) is 12.3 Å². The van der Waals surface area contributed by atoms with Gasteiger partial charge in [-0.1, -0.05) is 40.2 Å². The Morgan fingerprint density at radius 3 is 2.06 bits per heavy atom. The monoisotopic (exact) mass is 739 g/mol. The number of hydrogen-bond donors (Lipinski definition) is 2. The lowest BCUT2D eigenvalue weighted by atomic mass is 10.2. The summed E-state index contributed by atoms with van der Waals surface area (Å²) in [5, 5.41) is 41.1. The molecule has 0 saturated carbocycles. The topological polar surface area (TPSA) is 277 Å². The number of hydrogen-bond acceptors (Lipinski definition) is 17. The highest BCUT2D eigenvalue weighted by atomic mass is 35.5. The number of nitrogens with two attached hydrogens (primary N) is 2. The van der Waals surface area contributed by atoms with Crippen LogP contribution < -0.4 is 11.5 Å². The van der Waals surface area contributed by atoms with E-state index < -0.39 is 9.85 Å². The molecular weight excluding hydrogens is 718 g/mol. The maximum absolute atomic E-state index is 11.0. The Balaban J connectivity index is 0.000000162. The molecule has 8 rings (SSSR count). The smallest absolute Gasteiger partial charge is 0.288 e. The molecule has 6 aromatic heterocycles. The minimum Gasteiger partial charge on any atom is -0.463 e. The van der Waals surface area contributed by atoms with Crippen LogP contribution in [0.1, 0.15) is 16.8 Å². The normalized spacial score (nSPS) is 11.1. The van der Waals surface area contributed by atoms with Crippen molar-refractivity contribution in [2.45, 2.75) is 20.0 Å². The van der Waals surface area contributed by atoms with Crippen LogP contribution in [0.5, 0.6) is 0 Å². The summed E-state index contributed by atoms with van der Waals surface area (Å²) in [5.74, 6) is 0.607. The SMILES string of the molecule is Cc1csc(-c2nc(N)nc3c2nnn3Cc2cccc([N+](=O)[O-])c2)n1.Nc1nc(-c2ccco2)c2nnn(Cc3ccc(Cl)c([N+](=O)[O-])c3)c2n1. The molecule has 0 atom stereocenters. The van der Waals surface area contributed by atoms with Gasteiger partial charge < -0.3 is 15.9 Å². The third-order valence-electron chi connectivity index (χ3n) is 7.33. The summed E-state index contributed by atoms with van der Waals surface area (Å²) in [7, 11) is 0. The second kappa shape index (κ2) is 13.7. The van der Waals surface area contributed by atoms with Crippen molar-refractivity contribution >= 4 is 68.5 Å². The summed E-state index contributed by atoms with van der Waals surface area (Å²) < 4.78 is 8.37. The van der Waals surface area contributed by atoms with E-state index in [1.54, 1.807) is 30.3 Å². The fourth-order valence-electron chi connectivity index (χ4n) is 5.07. The summed E-state index contributed by atoms with van der Waals surface area (Å²) >= 11 is 7.28. The summed E-state index contributed by atoms with van der Waals surface area (Å²) in [6.45, 7) is 2.36. The maximum Gasteiger partial charge on any atom is 0.288 e. The second-order valence-corrected chi connectivity index (χ2v) is 12.2. The molecule has 2 aromatic carbocycles. The molecule has 4 N–H and O–H groups in total. The zero-order chi connectivity index (χ0) is 36.5. The van der Waals surface area contributed by atoms with Gasteiger partial charge in [-0.05, 0) is 36.2 Å². The van der Waals surface area contributed by atoms with Crippen LogP contribution in [0, 0.1) is 27.2 Å². The number of nitro benzene ring substituents is 2. The Hall–Kier alpha value is -7.00. The van der Waals surface area contributed by atoms with E-state index in [2.05, 4.69) is 45.5 Å². The van der Waals surface area contributed by atoms with Crippen LogP contribution in [0.15, 0.2) is 70.7 Å². The molecule has 0 saturated heterocycles. The highest BCUT2D eigenvalue weighted by Crippen LogP contribution is 2.30. The van der Waals surface area contributed by atoms with Crippen LogP contribution in [-0.2, 0) is 13.1 Å². The Kier molecular flexibility index (Phi) is 8.84. The number of nitro groups is 2. The molecule has 0 bridgehead atoms. The second-order valence-electron chi connectivity index (χ2n) is 10.9. The number of aromatic nitrogens is 11. The van der Waals surface area contributed by atoms with Crippen LogP contribution in [0.25, 0.3) is 44.5 Å². The molecule has 0 unspecified atom stereocenters.